The number of nitrogens with two attached hydrogens (primary N) is 1. The van der Waals surface area contributed by atoms with Gasteiger partial charge in [0.05, 0.1) is 6.20 Å². The molecule has 0 fully saturated rings. The van der Waals surface area contributed by atoms with Gasteiger partial charge in [-0.15, -0.1) is 0 Å². The third-order valence-electron chi connectivity index (χ3n) is 3.15. The summed E-state index contributed by atoms with van der Waals surface area (Å²) in [5.74, 6) is 1.77. The summed E-state index contributed by atoms with van der Waals surface area (Å²) in [6, 6.07) is 0. The first-order valence-electron chi connectivity index (χ1n) is 6.72. The fourth-order valence-electron chi connectivity index (χ4n) is 2.17. The second-order valence-corrected chi connectivity index (χ2v) is 4.64. The number of rotatable bonds is 8. The molecular weight excluding hydrogens is 244 g/mol. The number of aromatic nitrogens is 5. The molecule has 19 heavy (non-hydrogen) atoms. The number of H-pyrrole nitrogens is 1. The minimum atomic E-state index is 0.481. The summed E-state index contributed by atoms with van der Waals surface area (Å²) in [7, 11) is 0. The topological polar surface area (TPSA) is 107 Å². The first kappa shape index (κ1) is 13.7. The van der Waals surface area contributed by atoms with E-state index >= 15 is 0 Å². The van der Waals surface area contributed by atoms with Gasteiger partial charge in [0, 0.05) is 6.42 Å². The van der Waals surface area contributed by atoms with Gasteiger partial charge in [0.15, 0.2) is 5.69 Å². The van der Waals surface area contributed by atoms with Crippen LogP contribution in [0.3, 0.4) is 0 Å². The third kappa shape index (κ3) is 3.85. The Bertz CT molecular complexity index is 460. The van der Waals surface area contributed by atoms with Crippen molar-refractivity contribution in [3.8, 4) is 11.5 Å². The summed E-state index contributed by atoms with van der Waals surface area (Å²) >= 11 is 0. The predicted octanol–water partition coefficient (Wildman–Crippen LogP) is 1.55. The van der Waals surface area contributed by atoms with Crippen molar-refractivity contribution in [3.63, 3.8) is 0 Å². The second-order valence-electron chi connectivity index (χ2n) is 4.64. The maximum atomic E-state index is 5.63. The number of hydrogen-bond donors (Lipinski definition) is 2. The maximum absolute atomic E-state index is 5.63. The molecule has 104 valence electrons. The Labute approximate surface area is 112 Å². The average molecular weight is 264 g/mol. The fraction of sp³-hybridized carbons (Fsp3) is 0.667. The van der Waals surface area contributed by atoms with E-state index in [1.165, 1.54) is 12.8 Å². The molecule has 0 aliphatic carbocycles. The van der Waals surface area contributed by atoms with E-state index in [9.17, 15) is 0 Å². The van der Waals surface area contributed by atoms with Crippen LogP contribution in [-0.4, -0.2) is 32.1 Å². The van der Waals surface area contributed by atoms with Crippen LogP contribution in [0.4, 0.5) is 0 Å². The Morgan fingerprint density at radius 3 is 2.95 bits per heavy atom. The quantitative estimate of drug-likeness (QED) is 0.749. The summed E-state index contributed by atoms with van der Waals surface area (Å²) in [6.45, 7) is 2.93. The van der Waals surface area contributed by atoms with Gasteiger partial charge in [-0.1, -0.05) is 24.9 Å². The van der Waals surface area contributed by atoms with Crippen LogP contribution in [0.2, 0.25) is 0 Å². The van der Waals surface area contributed by atoms with E-state index in [0.29, 0.717) is 23.3 Å². The zero-order valence-corrected chi connectivity index (χ0v) is 11.2. The van der Waals surface area contributed by atoms with Gasteiger partial charge >= 0.3 is 0 Å². The van der Waals surface area contributed by atoms with Crippen molar-refractivity contribution in [2.75, 3.05) is 6.54 Å². The maximum Gasteiger partial charge on any atom is 0.227 e. The van der Waals surface area contributed by atoms with Gasteiger partial charge in [0.1, 0.15) is 0 Å². The van der Waals surface area contributed by atoms with Crippen LogP contribution in [0.15, 0.2) is 10.7 Å². The molecule has 0 saturated carbocycles. The van der Waals surface area contributed by atoms with Crippen molar-refractivity contribution in [1.82, 2.24) is 25.6 Å². The summed E-state index contributed by atoms with van der Waals surface area (Å²) in [5.41, 5.74) is 6.23. The van der Waals surface area contributed by atoms with Crippen LogP contribution in [0.1, 0.15) is 38.5 Å². The van der Waals surface area contributed by atoms with Crippen molar-refractivity contribution in [2.45, 2.75) is 39.0 Å². The second kappa shape index (κ2) is 6.98. The molecule has 7 heteroatoms. The minimum absolute atomic E-state index is 0.481. The fourth-order valence-corrected chi connectivity index (χ4v) is 2.17. The van der Waals surface area contributed by atoms with Crippen LogP contribution >= 0.6 is 0 Å². The van der Waals surface area contributed by atoms with E-state index < -0.39 is 0 Å². The molecule has 7 nitrogen and oxygen atoms in total. The Kier molecular flexibility index (Phi) is 5.02. The highest BCUT2D eigenvalue weighted by molar-refractivity contribution is 5.44. The molecule has 2 heterocycles. The molecule has 3 N–H and O–H groups in total. The van der Waals surface area contributed by atoms with Crippen molar-refractivity contribution in [2.24, 2.45) is 11.7 Å². The highest BCUT2D eigenvalue weighted by Crippen LogP contribution is 2.18. The van der Waals surface area contributed by atoms with E-state index in [1.807, 2.05) is 0 Å². The molecule has 0 aliphatic rings. The molecule has 0 saturated heterocycles. The zero-order valence-electron chi connectivity index (χ0n) is 11.2. The molecule has 2 aromatic heterocycles. The monoisotopic (exact) mass is 264 g/mol. The van der Waals surface area contributed by atoms with Gasteiger partial charge in [-0.25, -0.2) is 0 Å². The normalized spacial score (nSPS) is 12.7. The molecule has 1 atom stereocenters. The highest BCUT2D eigenvalue weighted by atomic mass is 16.5. The Hall–Kier alpha value is -1.76. The highest BCUT2D eigenvalue weighted by Gasteiger charge is 2.13. The first-order chi connectivity index (χ1) is 9.33. The summed E-state index contributed by atoms with van der Waals surface area (Å²) in [5, 5.41) is 14.1. The third-order valence-corrected chi connectivity index (χ3v) is 3.15. The number of aromatic amines is 1. The van der Waals surface area contributed by atoms with E-state index in [2.05, 4.69) is 32.5 Å². The lowest BCUT2D eigenvalue weighted by atomic mass is 9.94. The van der Waals surface area contributed by atoms with Crippen LogP contribution < -0.4 is 5.73 Å². The molecule has 0 aromatic carbocycles. The molecule has 0 amide bonds. The Morgan fingerprint density at radius 2 is 2.26 bits per heavy atom. The van der Waals surface area contributed by atoms with E-state index in [1.54, 1.807) is 6.20 Å². The van der Waals surface area contributed by atoms with E-state index in [0.717, 1.165) is 25.8 Å². The molecule has 0 aliphatic heterocycles. The molecule has 0 radical (unpaired) electrons. The molecule has 2 rings (SSSR count). The molecular formula is C12H20N6O. The first-order valence-corrected chi connectivity index (χ1v) is 6.72. The van der Waals surface area contributed by atoms with Gasteiger partial charge < -0.3 is 10.3 Å². The van der Waals surface area contributed by atoms with Crippen LogP contribution in [0.5, 0.6) is 0 Å². The van der Waals surface area contributed by atoms with Gasteiger partial charge in [-0.2, -0.15) is 20.4 Å². The SMILES string of the molecule is CCCC(CCN)CCc1nc(-c2cn[nH]n2)no1. The van der Waals surface area contributed by atoms with Gasteiger partial charge in [0.25, 0.3) is 0 Å². The standard InChI is InChI=1S/C12H20N6O/c1-2-3-9(6-7-13)4-5-11-15-12(17-19-11)10-8-14-18-16-10/h8-9H,2-7,13H2,1H3,(H,14,16,18). The largest absolute Gasteiger partial charge is 0.339 e. The van der Waals surface area contributed by atoms with Crippen LogP contribution in [-0.2, 0) is 6.42 Å². The van der Waals surface area contributed by atoms with Crippen LogP contribution in [0.25, 0.3) is 11.5 Å². The summed E-state index contributed by atoms with van der Waals surface area (Å²) in [6.07, 6.45) is 6.82. The van der Waals surface area contributed by atoms with Crippen molar-refractivity contribution in [1.29, 1.82) is 0 Å². The van der Waals surface area contributed by atoms with Gasteiger partial charge in [0.2, 0.25) is 11.7 Å². The smallest absolute Gasteiger partial charge is 0.227 e. The number of hydrogen-bond acceptors (Lipinski definition) is 6. The van der Waals surface area contributed by atoms with Crippen molar-refractivity contribution in [3.05, 3.63) is 12.1 Å². The zero-order chi connectivity index (χ0) is 13.5. The van der Waals surface area contributed by atoms with Crippen LogP contribution in [0, 0.1) is 5.92 Å². The molecule has 2 aromatic rings. The Morgan fingerprint density at radius 1 is 1.37 bits per heavy atom. The Balaban J connectivity index is 1.89. The molecule has 0 spiro atoms. The van der Waals surface area contributed by atoms with E-state index in [4.69, 9.17) is 10.3 Å². The molecule has 1 unspecified atom stereocenters. The van der Waals surface area contributed by atoms with E-state index in [-0.39, 0.29) is 0 Å². The predicted molar refractivity (Wildman–Crippen MR) is 70.1 cm³/mol. The number of nitrogens with zero attached hydrogens (tertiary/aromatic N) is 4. The van der Waals surface area contributed by atoms with Crippen molar-refractivity contribution < 1.29 is 4.52 Å². The van der Waals surface area contributed by atoms with Gasteiger partial charge in [-0.3, -0.25) is 0 Å². The lowest BCUT2D eigenvalue weighted by Crippen LogP contribution is -2.09. The molecule has 0 bridgehead atoms. The summed E-state index contributed by atoms with van der Waals surface area (Å²) < 4.78 is 5.22. The lowest BCUT2D eigenvalue weighted by molar-refractivity contribution is 0.349. The number of nitrogens with one attached hydrogen (secondary N) is 1. The van der Waals surface area contributed by atoms with Crippen molar-refractivity contribution >= 4 is 0 Å². The summed E-state index contributed by atoms with van der Waals surface area (Å²) in [4.78, 5) is 4.31. The lowest BCUT2D eigenvalue weighted by Gasteiger charge is -2.13. The average Bonchev–Trinajstić information content (AvgIpc) is 3.07. The minimum Gasteiger partial charge on any atom is -0.339 e. The van der Waals surface area contributed by atoms with Gasteiger partial charge in [-0.05, 0) is 25.3 Å². The number of aryl methyl sites for hydroxylation is 1.